The third kappa shape index (κ3) is 5.76. The van der Waals surface area contributed by atoms with Gasteiger partial charge in [0, 0.05) is 5.02 Å². The molecule has 0 atom stereocenters. The van der Waals surface area contributed by atoms with Crippen molar-refractivity contribution in [1.29, 1.82) is 0 Å². The first kappa shape index (κ1) is 21.6. The van der Waals surface area contributed by atoms with Gasteiger partial charge in [-0.05, 0) is 93.4 Å². The number of carbonyl (C=O) groups excluding carboxylic acids is 1. The van der Waals surface area contributed by atoms with Crippen molar-refractivity contribution in [3.8, 4) is 5.75 Å². The van der Waals surface area contributed by atoms with E-state index >= 15 is 0 Å². The number of halogens is 3. The van der Waals surface area contributed by atoms with Crippen molar-refractivity contribution in [1.82, 2.24) is 5.32 Å². The molecular weight excluding hydrogens is 503 g/mol. The third-order valence-corrected chi connectivity index (χ3v) is 6.05. The molecule has 1 N–H and O–H groups in total. The van der Waals surface area contributed by atoms with Gasteiger partial charge in [0.2, 0.25) is 0 Å². The number of nitrogens with zero attached hydrogens (tertiary/aromatic N) is 1. The number of benzene rings is 3. The van der Waals surface area contributed by atoms with Crippen LogP contribution in [0.4, 0.5) is 10.1 Å². The summed E-state index contributed by atoms with van der Waals surface area (Å²) in [6.45, 7) is 0.322. The first-order valence-corrected chi connectivity index (χ1v) is 11.2. The highest BCUT2D eigenvalue weighted by atomic mass is 79.9. The Morgan fingerprint density at radius 3 is 2.55 bits per heavy atom. The lowest BCUT2D eigenvalue weighted by Gasteiger charge is -2.09. The van der Waals surface area contributed by atoms with Crippen LogP contribution in [0.15, 0.2) is 81.1 Å². The summed E-state index contributed by atoms with van der Waals surface area (Å²) in [6.07, 6.45) is 1.79. The van der Waals surface area contributed by atoms with Crippen LogP contribution in [-0.2, 0) is 11.4 Å². The van der Waals surface area contributed by atoms with Crippen LogP contribution in [0.5, 0.6) is 5.75 Å². The molecule has 31 heavy (non-hydrogen) atoms. The summed E-state index contributed by atoms with van der Waals surface area (Å²) >= 11 is 10.7. The summed E-state index contributed by atoms with van der Waals surface area (Å²) in [7, 11) is 0. The molecule has 8 heteroatoms. The van der Waals surface area contributed by atoms with Crippen LogP contribution in [-0.4, -0.2) is 11.1 Å². The molecule has 0 aliphatic carbocycles. The SMILES string of the molecule is O=C1NC(=Nc2ccc(Cl)cc2)S/C1=C\c1ccc(OCc2ccc(F)cc2)c(Br)c1. The maximum absolute atomic E-state index is 13.0. The predicted octanol–water partition coefficient (Wildman–Crippen LogP) is 6.71. The van der Waals surface area contributed by atoms with E-state index < -0.39 is 0 Å². The second kappa shape index (κ2) is 9.68. The van der Waals surface area contributed by atoms with E-state index in [2.05, 4.69) is 26.2 Å². The number of rotatable bonds is 5. The zero-order chi connectivity index (χ0) is 21.8. The summed E-state index contributed by atoms with van der Waals surface area (Å²) in [6, 6.07) is 18.8. The molecule has 0 saturated carbocycles. The summed E-state index contributed by atoms with van der Waals surface area (Å²) in [5, 5.41) is 3.90. The smallest absolute Gasteiger partial charge is 0.264 e. The van der Waals surface area contributed by atoms with E-state index in [4.69, 9.17) is 16.3 Å². The Morgan fingerprint density at radius 1 is 1.10 bits per heavy atom. The van der Waals surface area contributed by atoms with Crippen LogP contribution in [0.2, 0.25) is 5.02 Å². The Hall–Kier alpha value is -2.61. The van der Waals surface area contributed by atoms with Crippen LogP contribution in [0.1, 0.15) is 11.1 Å². The van der Waals surface area contributed by atoms with Gasteiger partial charge in [-0.15, -0.1) is 0 Å². The molecule has 0 unspecified atom stereocenters. The number of ether oxygens (including phenoxy) is 1. The topological polar surface area (TPSA) is 50.7 Å². The van der Waals surface area contributed by atoms with E-state index in [0.29, 0.717) is 33.1 Å². The Bertz CT molecular complexity index is 1180. The van der Waals surface area contributed by atoms with Crippen molar-refractivity contribution in [2.24, 2.45) is 4.99 Å². The van der Waals surface area contributed by atoms with E-state index in [1.54, 1.807) is 42.5 Å². The molecular formula is C23H15BrClFN2O2S. The Balaban J connectivity index is 1.44. The molecule has 156 valence electrons. The Morgan fingerprint density at radius 2 is 1.84 bits per heavy atom. The molecule has 0 spiro atoms. The van der Waals surface area contributed by atoms with Gasteiger partial charge in [0.05, 0.1) is 15.1 Å². The van der Waals surface area contributed by atoms with E-state index in [1.807, 2.05) is 18.2 Å². The molecule has 3 aromatic rings. The fourth-order valence-corrected chi connectivity index (χ4v) is 4.21. The van der Waals surface area contributed by atoms with Gasteiger partial charge in [-0.3, -0.25) is 4.79 Å². The summed E-state index contributed by atoms with van der Waals surface area (Å²) in [5.74, 6) is 0.169. The van der Waals surface area contributed by atoms with Gasteiger partial charge in [0.25, 0.3) is 5.91 Å². The molecule has 0 bridgehead atoms. The Kier molecular flexibility index (Phi) is 6.75. The zero-order valence-corrected chi connectivity index (χ0v) is 19.1. The summed E-state index contributed by atoms with van der Waals surface area (Å²) in [4.78, 5) is 17.3. The van der Waals surface area contributed by atoms with Crippen LogP contribution >= 0.6 is 39.3 Å². The van der Waals surface area contributed by atoms with Crippen LogP contribution in [0.3, 0.4) is 0 Å². The van der Waals surface area contributed by atoms with Crippen molar-refractivity contribution in [3.63, 3.8) is 0 Å². The molecule has 1 fully saturated rings. The average Bonchev–Trinajstić information content (AvgIpc) is 3.09. The van der Waals surface area contributed by atoms with Crippen LogP contribution in [0, 0.1) is 5.82 Å². The standard InChI is InChI=1S/C23H15BrClFN2O2S/c24-19-11-15(3-10-20(19)30-13-14-1-6-17(26)7-2-14)12-21-22(29)28-23(31-21)27-18-8-4-16(25)5-9-18/h1-12H,13H2,(H,27,28,29)/b21-12-. The molecule has 0 radical (unpaired) electrons. The lowest BCUT2D eigenvalue weighted by atomic mass is 10.2. The first-order chi connectivity index (χ1) is 15.0. The number of carbonyl (C=O) groups is 1. The lowest BCUT2D eigenvalue weighted by Crippen LogP contribution is -2.19. The van der Waals surface area contributed by atoms with Gasteiger partial charge in [-0.2, -0.15) is 0 Å². The summed E-state index contributed by atoms with van der Waals surface area (Å²) < 4.78 is 19.6. The monoisotopic (exact) mass is 516 g/mol. The van der Waals surface area contributed by atoms with Crippen molar-refractivity contribution >= 4 is 62.1 Å². The van der Waals surface area contributed by atoms with Crippen LogP contribution < -0.4 is 10.1 Å². The molecule has 1 heterocycles. The molecule has 3 aromatic carbocycles. The second-order valence-corrected chi connectivity index (χ2v) is 8.88. The fourth-order valence-electron chi connectivity index (χ4n) is 2.73. The van der Waals surface area contributed by atoms with Gasteiger partial charge in [-0.1, -0.05) is 29.8 Å². The van der Waals surface area contributed by atoms with E-state index in [1.165, 1.54) is 23.9 Å². The molecule has 4 rings (SSSR count). The number of nitrogens with one attached hydrogen (secondary N) is 1. The van der Waals surface area contributed by atoms with Gasteiger partial charge in [-0.25, -0.2) is 9.38 Å². The highest BCUT2D eigenvalue weighted by Gasteiger charge is 2.23. The Labute approximate surface area is 196 Å². The number of aliphatic imine (C=N–C) groups is 1. The fraction of sp³-hybridized carbons (Fsp3) is 0.0435. The number of hydrogen-bond acceptors (Lipinski definition) is 4. The molecule has 1 amide bonds. The van der Waals surface area contributed by atoms with E-state index in [-0.39, 0.29) is 11.7 Å². The molecule has 1 aliphatic heterocycles. The second-order valence-electron chi connectivity index (χ2n) is 6.56. The largest absolute Gasteiger partial charge is 0.488 e. The maximum Gasteiger partial charge on any atom is 0.264 e. The predicted molar refractivity (Wildman–Crippen MR) is 127 cm³/mol. The highest BCUT2D eigenvalue weighted by molar-refractivity contribution is 9.10. The molecule has 1 aliphatic rings. The molecule has 4 nitrogen and oxygen atoms in total. The minimum Gasteiger partial charge on any atom is -0.488 e. The minimum atomic E-state index is -0.280. The number of amidine groups is 1. The first-order valence-electron chi connectivity index (χ1n) is 9.18. The van der Waals surface area contributed by atoms with E-state index in [0.717, 1.165) is 15.6 Å². The normalized spacial score (nSPS) is 16.0. The molecule has 1 saturated heterocycles. The number of amides is 1. The third-order valence-electron chi connectivity index (χ3n) is 4.27. The van der Waals surface area contributed by atoms with Crippen molar-refractivity contribution in [3.05, 3.63) is 98.1 Å². The van der Waals surface area contributed by atoms with Gasteiger partial charge in [0.1, 0.15) is 18.2 Å². The quantitative estimate of drug-likeness (QED) is 0.383. The van der Waals surface area contributed by atoms with Crippen LogP contribution in [0.25, 0.3) is 6.08 Å². The van der Waals surface area contributed by atoms with Crippen molar-refractivity contribution in [2.75, 3.05) is 0 Å². The lowest BCUT2D eigenvalue weighted by molar-refractivity contribution is -0.115. The maximum atomic E-state index is 13.0. The zero-order valence-electron chi connectivity index (χ0n) is 15.9. The van der Waals surface area contributed by atoms with Gasteiger partial charge >= 0.3 is 0 Å². The van der Waals surface area contributed by atoms with Gasteiger partial charge < -0.3 is 10.1 Å². The van der Waals surface area contributed by atoms with Gasteiger partial charge in [0.15, 0.2) is 5.17 Å². The van der Waals surface area contributed by atoms with Crippen molar-refractivity contribution < 1.29 is 13.9 Å². The minimum absolute atomic E-state index is 0.203. The summed E-state index contributed by atoms with van der Waals surface area (Å²) in [5.41, 5.74) is 2.41. The van der Waals surface area contributed by atoms with Crippen molar-refractivity contribution in [2.45, 2.75) is 6.61 Å². The van der Waals surface area contributed by atoms with E-state index in [9.17, 15) is 9.18 Å². The number of thioether (sulfide) groups is 1. The highest BCUT2D eigenvalue weighted by Crippen LogP contribution is 2.31. The average molecular weight is 518 g/mol. The number of hydrogen-bond donors (Lipinski definition) is 1. The molecule has 0 aromatic heterocycles.